The van der Waals surface area contributed by atoms with Crippen molar-refractivity contribution in [3.8, 4) is 0 Å². The zero-order valence-electron chi connectivity index (χ0n) is 10.5. The fraction of sp³-hybridized carbons (Fsp3) is 0.462. The lowest BCUT2D eigenvalue weighted by Gasteiger charge is -2.23. The maximum atomic E-state index is 6.26. The van der Waals surface area contributed by atoms with Crippen LogP contribution in [0.15, 0.2) is 17.1 Å². The van der Waals surface area contributed by atoms with Crippen molar-refractivity contribution in [1.82, 2.24) is 0 Å². The number of rotatable bonds is 2. The van der Waals surface area contributed by atoms with Crippen LogP contribution in [0, 0.1) is 6.92 Å². The highest BCUT2D eigenvalue weighted by Gasteiger charge is 2.20. The molecule has 0 atom stereocenters. The predicted octanol–water partition coefficient (Wildman–Crippen LogP) is 2.91. The van der Waals surface area contributed by atoms with Crippen LogP contribution in [0.25, 0.3) is 0 Å². The van der Waals surface area contributed by atoms with Gasteiger partial charge in [0.05, 0.1) is 6.54 Å². The lowest BCUT2D eigenvalue weighted by atomic mass is 9.96. The van der Waals surface area contributed by atoms with Crippen LogP contribution < -0.4 is 10.6 Å². The van der Waals surface area contributed by atoms with Gasteiger partial charge in [-0.25, -0.2) is 0 Å². The molecule has 1 heterocycles. The largest absolute Gasteiger partial charge is 0.370 e. The van der Waals surface area contributed by atoms with E-state index in [1.807, 2.05) is 12.1 Å². The van der Waals surface area contributed by atoms with E-state index in [1.54, 1.807) is 0 Å². The molecule has 0 spiro atoms. The second kappa shape index (κ2) is 4.57. The zero-order valence-corrected chi connectivity index (χ0v) is 11.3. The predicted molar refractivity (Wildman–Crippen MR) is 74.1 cm³/mol. The standard InChI is InChI=1S/C13H18ClN3/c1-8(2)12-9(3)11(5-4-10(12)14)17-7-6-16-13(17)15/h4-5,8H,6-7H2,1-3H3,(H2,15,16). The Morgan fingerprint density at radius 3 is 2.65 bits per heavy atom. The number of hydrogen-bond donors (Lipinski definition) is 1. The highest BCUT2D eigenvalue weighted by Crippen LogP contribution is 2.34. The van der Waals surface area contributed by atoms with Crippen molar-refractivity contribution in [2.24, 2.45) is 10.7 Å². The van der Waals surface area contributed by atoms with Gasteiger partial charge in [-0.05, 0) is 36.1 Å². The summed E-state index contributed by atoms with van der Waals surface area (Å²) in [7, 11) is 0. The molecule has 0 saturated carbocycles. The van der Waals surface area contributed by atoms with E-state index in [0.717, 1.165) is 23.8 Å². The first kappa shape index (κ1) is 12.2. The van der Waals surface area contributed by atoms with Gasteiger partial charge in [0, 0.05) is 17.3 Å². The van der Waals surface area contributed by atoms with Crippen LogP contribution in [0.1, 0.15) is 30.9 Å². The molecule has 2 rings (SSSR count). The molecule has 0 aromatic heterocycles. The fourth-order valence-electron chi connectivity index (χ4n) is 2.39. The summed E-state index contributed by atoms with van der Waals surface area (Å²) in [6.45, 7) is 8.03. The molecule has 0 unspecified atom stereocenters. The topological polar surface area (TPSA) is 41.6 Å². The number of nitrogens with two attached hydrogens (primary N) is 1. The molecule has 17 heavy (non-hydrogen) atoms. The molecule has 0 aliphatic carbocycles. The minimum absolute atomic E-state index is 0.406. The van der Waals surface area contributed by atoms with Crippen molar-refractivity contribution in [3.63, 3.8) is 0 Å². The highest BCUT2D eigenvalue weighted by atomic mass is 35.5. The number of halogens is 1. The first-order valence-corrected chi connectivity index (χ1v) is 6.26. The summed E-state index contributed by atoms with van der Waals surface area (Å²) in [5.41, 5.74) is 9.41. The van der Waals surface area contributed by atoms with Crippen molar-refractivity contribution < 1.29 is 0 Å². The van der Waals surface area contributed by atoms with E-state index in [0.29, 0.717) is 11.9 Å². The summed E-state index contributed by atoms with van der Waals surface area (Å²) < 4.78 is 0. The second-order valence-electron chi connectivity index (χ2n) is 4.65. The van der Waals surface area contributed by atoms with Crippen LogP contribution in [0.2, 0.25) is 5.02 Å². The molecular formula is C13H18ClN3. The van der Waals surface area contributed by atoms with Crippen LogP contribution >= 0.6 is 11.6 Å². The third kappa shape index (κ3) is 2.12. The molecule has 0 fully saturated rings. The average molecular weight is 252 g/mol. The molecule has 0 radical (unpaired) electrons. The van der Waals surface area contributed by atoms with Crippen molar-refractivity contribution in [3.05, 3.63) is 28.3 Å². The Morgan fingerprint density at radius 2 is 2.12 bits per heavy atom. The Bertz CT molecular complexity index is 466. The van der Waals surface area contributed by atoms with Crippen molar-refractivity contribution in [1.29, 1.82) is 0 Å². The normalized spacial score (nSPS) is 15.6. The number of hydrogen-bond acceptors (Lipinski definition) is 3. The molecule has 1 aromatic carbocycles. The molecule has 92 valence electrons. The Kier molecular flexibility index (Phi) is 3.29. The van der Waals surface area contributed by atoms with E-state index in [4.69, 9.17) is 17.3 Å². The van der Waals surface area contributed by atoms with Crippen molar-refractivity contribution in [2.75, 3.05) is 18.0 Å². The van der Waals surface area contributed by atoms with Gasteiger partial charge >= 0.3 is 0 Å². The van der Waals surface area contributed by atoms with Gasteiger partial charge in [0.1, 0.15) is 0 Å². The molecule has 4 heteroatoms. The molecule has 1 aliphatic rings. The Labute approximate surface area is 107 Å². The molecular weight excluding hydrogens is 234 g/mol. The molecule has 2 N–H and O–H groups in total. The molecule has 0 saturated heterocycles. The van der Waals surface area contributed by atoms with Gasteiger partial charge in [0.15, 0.2) is 5.96 Å². The number of aliphatic imine (C=N–C) groups is 1. The number of guanidine groups is 1. The summed E-state index contributed by atoms with van der Waals surface area (Å²) in [5.74, 6) is 1.01. The summed E-state index contributed by atoms with van der Waals surface area (Å²) in [6, 6.07) is 3.97. The van der Waals surface area contributed by atoms with Gasteiger partial charge in [-0.1, -0.05) is 25.4 Å². The van der Waals surface area contributed by atoms with Gasteiger partial charge in [0.2, 0.25) is 0 Å². The van der Waals surface area contributed by atoms with Crippen LogP contribution in [-0.4, -0.2) is 19.0 Å². The molecule has 0 bridgehead atoms. The maximum absolute atomic E-state index is 6.26. The summed E-state index contributed by atoms with van der Waals surface area (Å²) in [5, 5.41) is 0.830. The fourth-order valence-corrected chi connectivity index (χ4v) is 2.82. The zero-order chi connectivity index (χ0) is 12.6. The van der Waals surface area contributed by atoms with Crippen molar-refractivity contribution in [2.45, 2.75) is 26.7 Å². The lowest BCUT2D eigenvalue weighted by molar-refractivity contribution is 0.854. The maximum Gasteiger partial charge on any atom is 0.195 e. The number of nitrogens with zero attached hydrogens (tertiary/aromatic N) is 2. The minimum Gasteiger partial charge on any atom is -0.370 e. The minimum atomic E-state index is 0.406. The van der Waals surface area contributed by atoms with Gasteiger partial charge < -0.3 is 10.6 Å². The Hall–Kier alpha value is -1.22. The Morgan fingerprint density at radius 1 is 1.41 bits per heavy atom. The first-order chi connectivity index (χ1) is 8.02. The highest BCUT2D eigenvalue weighted by molar-refractivity contribution is 6.31. The van der Waals surface area contributed by atoms with Crippen LogP contribution in [0.3, 0.4) is 0 Å². The van der Waals surface area contributed by atoms with Gasteiger partial charge in [-0.15, -0.1) is 0 Å². The smallest absolute Gasteiger partial charge is 0.195 e. The van der Waals surface area contributed by atoms with E-state index < -0.39 is 0 Å². The number of benzene rings is 1. The van der Waals surface area contributed by atoms with Crippen LogP contribution in [-0.2, 0) is 0 Å². The van der Waals surface area contributed by atoms with Crippen LogP contribution in [0.5, 0.6) is 0 Å². The van der Waals surface area contributed by atoms with E-state index in [-0.39, 0.29) is 0 Å². The average Bonchev–Trinajstić information content (AvgIpc) is 2.64. The van der Waals surface area contributed by atoms with Crippen molar-refractivity contribution >= 4 is 23.2 Å². The molecule has 1 aromatic rings. The first-order valence-electron chi connectivity index (χ1n) is 5.88. The molecule has 1 aliphatic heterocycles. The third-order valence-electron chi connectivity index (χ3n) is 3.18. The lowest BCUT2D eigenvalue weighted by Crippen LogP contribution is -2.34. The summed E-state index contributed by atoms with van der Waals surface area (Å²) >= 11 is 6.26. The summed E-state index contributed by atoms with van der Waals surface area (Å²) in [6.07, 6.45) is 0. The SMILES string of the molecule is Cc1c(N2CCN=C2N)ccc(Cl)c1C(C)C. The Balaban J connectivity index is 2.49. The van der Waals surface area contributed by atoms with Crippen LogP contribution in [0.4, 0.5) is 5.69 Å². The quantitative estimate of drug-likeness (QED) is 0.878. The van der Waals surface area contributed by atoms with E-state index >= 15 is 0 Å². The van der Waals surface area contributed by atoms with Gasteiger partial charge in [-0.2, -0.15) is 0 Å². The second-order valence-corrected chi connectivity index (χ2v) is 5.06. The molecule has 3 nitrogen and oxygen atoms in total. The monoisotopic (exact) mass is 251 g/mol. The van der Waals surface area contributed by atoms with E-state index in [2.05, 4.69) is 30.7 Å². The van der Waals surface area contributed by atoms with E-state index in [1.165, 1.54) is 11.1 Å². The molecule has 0 amide bonds. The van der Waals surface area contributed by atoms with Gasteiger partial charge in [0.25, 0.3) is 0 Å². The number of anilines is 1. The van der Waals surface area contributed by atoms with Gasteiger partial charge in [-0.3, -0.25) is 4.99 Å². The van der Waals surface area contributed by atoms with E-state index in [9.17, 15) is 0 Å². The summed E-state index contributed by atoms with van der Waals surface area (Å²) in [4.78, 5) is 6.27. The third-order valence-corrected chi connectivity index (χ3v) is 3.50.